The van der Waals surface area contributed by atoms with Gasteiger partial charge in [-0.25, -0.2) is 0 Å². The highest BCUT2D eigenvalue weighted by Crippen LogP contribution is 2.42. The van der Waals surface area contributed by atoms with E-state index in [9.17, 15) is 9.59 Å². The van der Waals surface area contributed by atoms with Crippen LogP contribution < -0.4 is 0 Å². The molecule has 1 fully saturated rings. The Morgan fingerprint density at radius 3 is 2.06 bits per heavy atom. The van der Waals surface area contributed by atoms with Crippen molar-refractivity contribution in [1.29, 1.82) is 0 Å². The first-order chi connectivity index (χ1) is 7.90. The number of hydrogen-bond acceptors (Lipinski definition) is 2. The minimum atomic E-state index is -1.41. The van der Waals surface area contributed by atoms with Crippen LogP contribution in [0, 0.1) is 0 Å². The molecule has 0 spiro atoms. The summed E-state index contributed by atoms with van der Waals surface area (Å²) in [5.74, 6) is -0.698. The molecule has 0 bridgehead atoms. The standard InChI is InChI=1S/C11H10BrClN2O2/c1-14-9(16)11(12,10(17)15(14)2)7-5-3-4-6-8(7)13/h3-6H,1-2H3. The van der Waals surface area contributed by atoms with Gasteiger partial charge < -0.3 is 0 Å². The molecule has 0 saturated carbocycles. The summed E-state index contributed by atoms with van der Waals surface area (Å²) in [5, 5.41) is 2.91. The van der Waals surface area contributed by atoms with Crippen LogP contribution in [0.15, 0.2) is 24.3 Å². The Bertz CT molecular complexity index is 486. The van der Waals surface area contributed by atoms with Gasteiger partial charge in [0.15, 0.2) is 0 Å². The Hall–Kier alpha value is -1.07. The number of alkyl halides is 1. The lowest BCUT2D eigenvalue weighted by Crippen LogP contribution is -2.34. The van der Waals surface area contributed by atoms with Crippen LogP contribution in [-0.2, 0) is 13.9 Å². The van der Waals surface area contributed by atoms with Crippen LogP contribution in [0.25, 0.3) is 0 Å². The summed E-state index contributed by atoms with van der Waals surface area (Å²) in [6, 6.07) is 6.81. The number of carbonyl (C=O) groups excluding carboxylic acids is 2. The van der Waals surface area contributed by atoms with Crippen LogP contribution in [0.2, 0.25) is 5.02 Å². The SMILES string of the molecule is CN1C(=O)C(Br)(c2ccccc2Cl)C(=O)N1C. The predicted octanol–water partition coefficient (Wildman–Crippen LogP) is 1.78. The molecule has 1 aliphatic rings. The number of halogens is 2. The third kappa shape index (κ3) is 1.57. The molecule has 1 aromatic rings. The number of amides is 2. The Kier molecular flexibility index (Phi) is 2.91. The number of benzene rings is 1. The van der Waals surface area contributed by atoms with Crippen molar-refractivity contribution in [2.45, 2.75) is 4.32 Å². The fourth-order valence-electron chi connectivity index (χ4n) is 1.78. The highest BCUT2D eigenvalue weighted by molar-refractivity contribution is 9.10. The van der Waals surface area contributed by atoms with E-state index in [1.165, 1.54) is 10.0 Å². The third-order valence-corrected chi connectivity index (χ3v) is 4.31. The van der Waals surface area contributed by atoms with Crippen molar-refractivity contribution in [3.05, 3.63) is 34.9 Å². The summed E-state index contributed by atoms with van der Waals surface area (Å²) in [7, 11) is 3.08. The van der Waals surface area contributed by atoms with E-state index in [4.69, 9.17) is 11.6 Å². The first-order valence-corrected chi connectivity index (χ1v) is 6.08. The number of carbonyl (C=O) groups is 2. The molecule has 0 atom stereocenters. The highest BCUT2D eigenvalue weighted by atomic mass is 79.9. The van der Waals surface area contributed by atoms with Crippen LogP contribution in [0.3, 0.4) is 0 Å². The lowest BCUT2D eigenvalue weighted by atomic mass is 9.98. The molecule has 0 aromatic heterocycles. The van der Waals surface area contributed by atoms with E-state index in [2.05, 4.69) is 15.9 Å². The van der Waals surface area contributed by atoms with E-state index in [0.717, 1.165) is 0 Å². The van der Waals surface area contributed by atoms with E-state index in [1.807, 2.05) is 0 Å². The topological polar surface area (TPSA) is 40.6 Å². The molecule has 2 amide bonds. The van der Waals surface area contributed by atoms with Gasteiger partial charge in [-0.05, 0) is 6.07 Å². The average Bonchev–Trinajstić information content (AvgIpc) is 2.47. The molecule has 1 saturated heterocycles. The quantitative estimate of drug-likeness (QED) is 0.585. The number of rotatable bonds is 1. The van der Waals surface area contributed by atoms with Crippen molar-refractivity contribution in [2.24, 2.45) is 0 Å². The van der Waals surface area contributed by atoms with Crippen molar-refractivity contribution >= 4 is 39.3 Å². The molecule has 1 heterocycles. The Morgan fingerprint density at radius 2 is 1.59 bits per heavy atom. The zero-order chi connectivity index (χ0) is 12.8. The molecule has 0 aliphatic carbocycles. The van der Waals surface area contributed by atoms with Gasteiger partial charge in [-0.15, -0.1) is 0 Å². The zero-order valence-electron chi connectivity index (χ0n) is 9.28. The summed E-state index contributed by atoms with van der Waals surface area (Å²) in [6.45, 7) is 0. The summed E-state index contributed by atoms with van der Waals surface area (Å²) in [4.78, 5) is 24.3. The highest BCUT2D eigenvalue weighted by Gasteiger charge is 2.56. The van der Waals surface area contributed by atoms with Crippen LogP contribution >= 0.6 is 27.5 Å². The third-order valence-electron chi connectivity index (χ3n) is 2.87. The molecule has 0 radical (unpaired) electrons. The van der Waals surface area contributed by atoms with Gasteiger partial charge in [0.2, 0.25) is 4.32 Å². The molecular formula is C11H10BrClN2O2. The molecule has 1 aromatic carbocycles. The fraction of sp³-hybridized carbons (Fsp3) is 0.273. The first-order valence-electron chi connectivity index (χ1n) is 4.91. The number of hydrazine groups is 1. The number of likely N-dealkylation sites (N-methyl/N-ethyl adjacent to an activating group) is 2. The number of hydrogen-bond donors (Lipinski definition) is 0. The summed E-state index contributed by atoms with van der Waals surface area (Å²) in [5.41, 5.74) is 0.466. The smallest absolute Gasteiger partial charge is 0.270 e. The van der Waals surface area contributed by atoms with Gasteiger partial charge in [0, 0.05) is 24.7 Å². The van der Waals surface area contributed by atoms with Crippen molar-refractivity contribution < 1.29 is 9.59 Å². The van der Waals surface area contributed by atoms with Crippen molar-refractivity contribution in [1.82, 2.24) is 10.0 Å². The average molecular weight is 318 g/mol. The second kappa shape index (κ2) is 3.99. The van der Waals surface area contributed by atoms with Crippen molar-refractivity contribution in [3.63, 3.8) is 0 Å². The number of nitrogens with zero attached hydrogens (tertiary/aromatic N) is 2. The van der Waals surface area contributed by atoms with E-state index in [-0.39, 0.29) is 11.8 Å². The normalized spacial score (nSPS) is 19.1. The van der Waals surface area contributed by atoms with Gasteiger partial charge in [0.1, 0.15) is 0 Å². The van der Waals surface area contributed by atoms with Gasteiger partial charge in [0.05, 0.1) is 0 Å². The minimum Gasteiger partial charge on any atom is -0.270 e. The molecule has 6 heteroatoms. The second-order valence-electron chi connectivity index (χ2n) is 3.80. The maximum absolute atomic E-state index is 12.2. The summed E-state index contributed by atoms with van der Waals surface area (Å²) < 4.78 is -1.41. The Morgan fingerprint density at radius 1 is 1.12 bits per heavy atom. The van der Waals surface area contributed by atoms with Crippen LogP contribution in [0.4, 0.5) is 0 Å². The van der Waals surface area contributed by atoms with E-state index in [0.29, 0.717) is 10.6 Å². The van der Waals surface area contributed by atoms with E-state index >= 15 is 0 Å². The summed E-state index contributed by atoms with van der Waals surface area (Å²) >= 11 is 9.30. The van der Waals surface area contributed by atoms with E-state index in [1.54, 1.807) is 38.4 Å². The monoisotopic (exact) mass is 316 g/mol. The van der Waals surface area contributed by atoms with Gasteiger partial charge in [-0.1, -0.05) is 45.7 Å². The Balaban J connectivity index is 2.61. The minimum absolute atomic E-state index is 0.349. The Labute approximate surface area is 112 Å². The lowest BCUT2D eigenvalue weighted by molar-refractivity contribution is -0.141. The van der Waals surface area contributed by atoms with Gasteiger partial charge in [0.25, 0.3) is 11.8 Å². The van der Waals surface area contributed by atoms with Gasteiger partial charge in [-0.3, -0.25) is 19.6 Å². The van der Waals surface area contributed by atoms with Gasteiger partial charge >= 0.3 is 0 Å². The predicted molar refractivity (Wildman–Crippen MR) is 67.6 cm³/mol. The fourth-order valence-corrected chi connectivity index (χ4v) is 3.03. The zero-order valence-corrected chi connectivity index (χ0v) is 11.6. The van der Waals surface area contributed by atoms with Crippen molar-refractivity contribution in [2.75, 3.05) is 14.1 Å². The summed E-state index contributed by atoms with van der Waals surface area (Å²) in [6.07, 6.45) is 0. The first kappa shape index (κ1) is 12.4. The molecule has 2 rings (SSSR count). The van der Waals surface area contributed by atoms with Crippen molar-refractivity contribution in [3.8, 4) is 0 Å². The maximum atomic E-state index is 12.2. The van der Waals surface area contributed by atoms with Crippen LogP contribution in [-0.4, -0.2) is 35.9 Å². The molecule has 4 nitrogen and oxygen atoms in total. The van der Waals surface area contributed by atoms with Crippen LogP contribution in [0.5, 0.6) is 0 Å². The maximum Gasteiger partial charge on any atom is 0.272 e. The van der Waals surface area contributed by atoms with Crippen LogP contribution in [0.1, 0.15) is 5.56 Å². The molecule has 90 valence electrons. The second-order valence-corrected chi connectivity index (χ2v) is 5.39. The van der Waals surface area contributed by atoms with Gasteiger partial charge in [-0.2, -0.15) is 0 Å². The molecule has 17 heavy (non-hydrogen) atoms. The van der Waals surface area contributed by atoms with E-state index < -0.39 is 4.32 Å². The molecule has 1 aliphatic heterocycles. The largest absolute Gasteiger partial charge is 0.272 e. The molecule has 0 N–H and O–H groups in total. The molecular weight excluding hydrogens is 307 g/mol. The molecule has 0 unspecified atom stereocenters. The lowest BCUT2D eigenvalue weighted by Gasteiger charge is -2.17.